The normalized spacial score (nSPS) is 11.3. The van der Waals surface area contributed by atoms with Gasteiger partial charge in [-0.1, -0.05) is 0 Å². The fraction of sp³-hybridized carbons (Fsp3) is 0.500. The molecule has 1 aromatic heterocycles. The molecule has 1 amide bonds. The Balaban J connectivity index is 2.74. The van der Waals surface area contributed by atoms with Crippen molar-refractivity contribution in [2.75, 3.05) is 6.54 Å². The van der Waals surface area contributed by atoms with Crippen LogP contribution in [-0.2, 0) is 11.3 Å². The number of nitrogens with two attached hydrogens (primary N) is 1. The molecule has 1 rings (SSSR count). The van der Waals surface area contributed by atoms with Gasteiger partial charge in [0.2, 0.25) is 5.91 Å². The Morgan fingerprint density at radius 2 is 2.17 bits per heavy atom. The van der Waals surface area contributed by atoms with Crippen LogP contribution in [0.3, 0.4) is 0 Å². The molecule has 0 aliphatic heterocycles. The summed E-state index contributed by atoms with van der Waals surface area (Å²) in [4.78, 5) is 36.2. The first kappa shape index (κ1) is 14.7. The maximum atomic E-state index is 11.6. The van der Waals surface area contributed by atoms with Crippen LogP contribution < -0.4 is 22.3 Å². The summed E-state index contributed by atoms with van der Waals surface area (Å²) in [5.41, 5.74) is 4.03. The van der Waals surface area contributed by atoms with Gasteiger partial charge in [-0.3, -0.25) is 19.1 Å². The van der Waals surface area contributed by atoms with E-state index < -0.39 is 16.8 Å². The van der Waals surface area contributed by atoms with Crippen LogP contribution in [-0.4, -0.2) is 27.5 Å². The van der Waals surface area contributed by atoms with Crippen LogP contribution in [0.25, 0.3) is 0 Å². The lowest BCUT2D eigenvalue weighted by atomic mass is 10.1. The van der Waals surface area contributed by atoms with Gasteiger partial charge in [-0.05, 0) is 29.8 Å². The van der Waals surface area contributed by atoms with Crippen LogP contribution in [0.2, 0.25) is 0 Å². The van der Waals surface area contributed by atoms with Gasteiger partial charge in [0.15, 0.2) is 0 Å². The molecule has 0 fully saturated rings. The third kappa shape index (κ3) is 4.46. The number of hydrogen-bond donors (Lipinski definition) is 3. The molecule has 0 spiro atoms. The number of hydrogen-bond acceptors (Lipinski definition) is 4. The predicted octanol–water partition coefficient (Wildman–Crippen LogP) is -0.847. The zero-order valence-corrected chi connectivity index (χ0v) is 11.7. The average molecular weight is 319 g/mol. The molecule has 0 atom stereocenters. The van der Waals surface area contributed by atoms with Crippen molar-refractivity contribution >= 4 is 21.8 Å². The number of halogens is 1. The number of H-pyrrole nitrogens is 1. The van der Waals surface area contributed by atoms with E-state index in [1.165, 1.54) is 6.20 Å². The lowest BCUT2D eigenvalue weighted by Gasteiger charge is -2.19. The highest BCUT2D eigenvalue weighted by atomic mass is 79.9. The Labute approximate surface area is 112 Å². The van der Waals surface area contributed by atoms with Crippen molar-refractivity contribution in [3.05, 3.63) is 31.5 Å². The lowest BCUT2D eigenvalue weighted by Crippen LogP contribution is -2.46. The molecule has 0 aliphatic rings. The highest BCUT2D eigenvalue weighted by Crippen LogP contribution is 1.98. The van der Waals surface area contributed by atoms with Crippen molar-refractivity contribution in [1.82, 2.24) is 14.9 Å². The molecule has 1 heterocycles. The maximum Gasteiger partial charge on any atom is 0.328 e. The van der Waals surface area contributed by atoms with Gasteiger partial charge in [0.1, 0.15) is 6.54 Å². The van der Waals surface area contributed by atoms with Gasteiger partial charge >= 0.3 is 5.69 Å². The molecule has 100 valence electrons. The standard InChI is InChI=1S/C10H15BrN4O3/c1-10(2,12)5-13-7(16)4-15-3-6(11)8(17)14-9(15)18/h3H,4-5,12H2,1-2H3,(H,13,16)(H,14,17,18). The van der Waals surface area contributed by atoms with E-state index in [2.05, 4.69) is 26.2 Å². The molecule has 0 bridgehead atoms. The van der Waals surface area contributed by atoms with Gasteiger partial charge in [-0.2, -0.15) is 0 Å². The zero-order chi connectivity index (χ0) is 13.9. The number of carbonyl (C=O) groups excluding carboxylic acids is 1. The fourth-order valence-corrected chi connectivity index (χ4v) is 1.48. The summed E-state index contributed by atoms with van der Waals surface area (Å²) in [6.07, 6.45) is 1.27. The zero-order valence-electron chi connectivity index (χ0n) is 10.1. The van der Waals surface area contributed by atoms with Crippen molar-refractivity contribution < 1.29 is 4.79 Å². The smallest absolute Gasteiger partial charge is 0.328 e. The summed E-state index contributed by atoms with van der Waals surface area (Å²) in [5, 5.41) is 2.60. The first-order valence-corrected chi connectivity index (χ1v) is 6.03. The third-order valence-corrected chi connectivity index (χ3v) is 2.59. The molecule has 0 unspecified atom stereocenters. The molecule has 1 aromatic rings. The van der Waals surface area contributed by atoms with E-state index in [0.29, 0.717) is 6.54 Å². The summed E-state index contributed by atoms with van der Waals surface area (Å²) in [5.74, 6) is -0.352. The second-order valence-corrected chi connectivity index (χ2v) is 5.48. The first-order chi connectivity index (χ1) is 8.19. The molecule has 8 heteroatoms. The van der Waals surface area contributed by atoms with Crippen LogP contribution in [0, 0.1) is 0 Å². The minimum atomic E-state index is -0.634. The number of rotatable bonds is 4. The lowest BCUT2D eigenvalue weighted by molar-refractivity contribution is -0.121. The molecular formula is C10H15BrN4O3. The fourth-order valence-electron chi connectivity index (χ4n) is 1.14. The second-order valence-electron chi connectivity index (χ2n) is 4.63. The third-order valence-electron chi connectivity index (χ3n) is 2.02. The van der Waals surface area contributed by atoms with Gasteiger partial charge in [0.25, 0.3) is 5.56 Å². The molecule has 4 N–H and O–H groups in total. The van der Waals surface area contributed by atoms with Crippen molar-refractivity contribution in [3.63, 3.8) is 0 Å². The minimum absolute atomic E-state index is 0.176. The van der Waals surface area contributed by atoms with Crippen LogP contribution in [0.4, 0.5) is 0 Å². The van der Waals surface area contributed by atoms with E-state index in [1.807, 2.05) is 0 Å². The second kappa shape index (κ2) is 5.49. The molecule has 0 radical (unpaired) electrons. The van der Waals surface area contributed by atoms with Gasteiger partial charge < -0.3 is 11.1 Å². The van der Waals surface area contributed by atoms with Crippen LogP contribution >= 0.6 is 15.9 Å². The van der Waals surface area contributed by atoms with Gasteiger partial charge in [-0.25, -0.2) is 4.79 Å². The van der Waals surface area contributed by atoms with E-state index in [-0.39, 0.29) is 16.9 Å². The molecule has 0 aromatic carbocycles. The summed E-state index contributed by atoms with van der Waals surface area (Å²) < 4.78 is 1.29. The number of aromatic nitrogens is 2. The maximum absolute atomic E-state index is 11.6. The first-order valence-electron chi connectivity index (χ1n) is 5.24. The van der Waals surface area contributed by atoms with Crippen LogP contribution in [0.5, 0.6) is 0 Å². The number of carbonyl (C=O) groups is 1. The summed E-state index contributed by atoms with van der Waals surface area (Å²) in [6.45, 7) is 3.67. The van der Waals surface area contributed by atoms with E-state index in [9.17, 15) is 14.4 Å². The Bertz CT molecular complexity index is 555. The van der Waals surface area contributed by atoms with Gasteiger partial charge in [0, 0.05) is 18.3 Å². The molecular weight excluding hydrogens is 304 g/mol. The molecule has 18 heavy (non-hydrogen) atoms. The average Bonchev–Trinajstić information content (AvgIpc) is 2.22. The van der Waals surface area contributed by atoms with Gasteiger partial charge in [0.05, 0.1) is 4.47 Å². The summed E-state index contributed by atoms with van der Waals surface area (Å²) in [6, 6.07) is 0. The quantitative estimate of drug-likeness (QED) is 0.671. The minimum Gasteiger partial charge on any atom is -0.353 e. The van der Waals surface area contributed by atoms with Crippen molar-refractivity contribution in [3.8, 4) is 0 Å². The molecule has 0 saturated carbocycles. The van der Waals surface area contributed by atoms with E-state index >= 15 is 0 Å². The van der Waals surface area contributed by atoms with Crippen molar-refractivity contribution in [2.24, 2.45) is 5.73 Å². The van der Waals surface area contributed by atoms with Crippen LogP contribution in [0.15, 0.2) is 20.3 Å². The molecule has 0 aliphatic carbocycles. The van der Waals surface area contributed by atoms with E-state index in [0.717, 1.165) is 4.57 Å². The Morgan fingerprint density at radius 1 is 1.56 bits per heavy atom. The SMILES string of the molecule is CC(C)(N)CNC(=O)Cn1cc(Br)c(=O)[nH]c1=O. The number of amides is 1. The van der Waals surface area contributed by atoms with Crippen LogP contribution in [0.1, 0.15) is 13.8 Å². The number of nitrogens with one attached hydrogen (secondary N) is 2. The largest absolute Gasteiger partial charge is 0.353 e. The summed E-state index contributed by atoms with van der Waals surface area (Å²) >= 11 is 2.99. The van der Waals surface area contributed by atoms with E-state index in [4.69, 9.17) is 5.73 Å². The van der Waals surface area contributed by atoms with Gasteiger partial charge in [-0.15, -0.1) is 0 Å². The van der Waals surface area contributed by atoms with Crippen molar-refractivity contribution in [2.45, 2.75) is 25.9 Å². The molecule has 0 saturated heterocycles. The van der Waals surface area contributed by atoms with Crippen molar-refractivity contribution in [1.29, 1.82) is 0 Å². The molecule has 7 nitrogen and oxygen atoms in total. The highest BCUT2D eigenvalue weighted by molar-refractivity contribution is 9.10. The predicted molar refractivity (Wildman–Crippen MR) is 70.3 cm³/mol. The Hall–Kier alpha value is -1.41. The topological polar surface area (TPSA) is 110 Å². The monoisotopic (exact) mass is 318 g/mol. The highest BCUT2D eigenvalue weighted by Gasteiger charge is 2.13. The number of aromatic amines is 1. The Kier molecular flexibility index (Phi) is 4.47. The number of nitrogens with zero attached hydrogens (tertiary/aromatic N) is 1. The Morgan fingerprint density at radius 3 is 2.72 bits per heavy atom. The summed E-state index contributed by atoms with van der Waals surface area (Å²) in [7, 11) is 0. The van der Waals surface area contributed by atoms with E-state index in [1.54, 1.807) is 13.8 Å².